The highest BCUT2D eigenvalue weighted by Gasteiger charge is 2.19. The molecule has 0 amide bonds. The first-order valence-corrected chi connectivity index (χ1v) is 11.0. The van der Waals surface area contributed by atoms with Crippen LogP contribution >= 0.6 is 0 Å². The molecule has 30 heavy (non-hydrogen) atoms. The van der Waals surface area contributed by atoms with Gasteiger partial charge >= 0.3 is 0 Å². The van der Waals surface area contributed by atoms with Crippen LogP contribution in [0.2, 0.25) is 0 Å². The van der Waals surface area contributed by atoms with Crippen molar-refractivity contribution < 1.29 is 0 Å². The number of pyridine rings is 1. The zero-order chi connectivity index (χ0) is 22.1. The van der Waals surface area contributed by atoms with Gasteiger partial charge in [0.05, 0.1) is 5.69 Å². The summed E-state index contributed by atoms with van der Waals surface area (Å²) in [6.07, 6.45) is 14.6. The second-order valence-electron chi connectivity index (χ2n) is 8.14. The van der Waals surface area contributed by atoms with E-state index in [1.807, 2.05) is 52.1 Å². The number of rotatable bonds is 2. The zero-order valence-corrected chi connectivity index (χ0v) is 19.3. The number of aryl methyl sites for hydroxylation is 1. The van der Waals surface area contributed by atoms with Gasteiger partial charge in [-0.3, -0.25) is 0 Å². The van der Waals surface area contributed by atoms with E-state index in [9.17, 15) is 0 Å². The van der Waals surface area contributed by atoms with Gasteiger partial charge in [-0.25, -0.2) is 19.5 Å². The van der Waals surface area contributed by atoms with E-state index in [1.165, 1.54) is 38.4 Å². The standard InChI is InChI=1S/C14H14N6.C8H16.C2H6/c1-3-11(12-6-16-14(15)19-9(12)2)10-4-5-13-17-8-18-20(13)7-10;1-8(2)6-4-3-5-7-8;1-2/h3-8H,1-2H3,(H2,15,16,19);3-7H2,1-2H3;1-2H3/b11-3-;;. The van der Waals surface area contributed by atoms with Gasteiger partial charge in [0.2, 0.25) is 5.95 Å². The lowest BCUT2D eigenvalue weighted by molar-refractivity contribution is 0.244. The minimum Gasteiger partial charge on any atom is -0.368 e. The van der Waals surface area contributed by atoms with Crippen LogP contribution in [0.1, 0.15) is 83.5 Å². The molecule has 1 saturated carbocycles. The zero-order valence-electron chi connectivity index (χ0n) is 19.3. The average molecular weight is 409 g/mol. The third kappa shape index (κ3) is 6.12. The molecule has 0 radical (unpaired) electrons. The smallest absolute Gasteiger partial charge is 0.220 e. The van der Waals surface area contributed by atoms with Crippen LogP contribution in [0, 0.1) is 12.3 Å². The van der Waals surface area contributed by atoms with Crippen LogP contribution in [-0.4, -0.2) is 24.6 Å². The average Bonchev–Trinajstić information content (AvgIpc) is 3.20. The number of hydrogen-bond acceptors (Lipinski definition) is 5. The van der Waals surface area contributed by atoms with Crippen molar-refractivity contribution in [1.82, 2.24) is 24.6 Å². The normalized spacial score (nSPS) is 15.6. The van der Waals surface area contributed by atoms with Gasteiger partial charge in [0, 0.05) is 23.5 Å². The van der Waals surface area contributed by atoms with Gasteiger partial charge in [0.25, 0.3) is 0 Å². The summed E-state index contributed by atoms with van der Waals surface area (Å²) in [5, 5.41) is 4.15. The summed E-state index contributed by atoms with van der Waals surface area (Å²) < 4.78 is 1.74. The summed E-state index contributed by atoms with van der Waals surface area (Å²) in [6.45, 7) is 12.7. The lowest BCUT2D eigenvalue weighted by atomic mass is 9.78. The number of nitrogens with two attached hydrogens (primary N) is 1. The highest BCUT2D eigenvalue weighted by atomic mass is 15.3. The van der Waals surface area contributed by atoms with E-state index < -0.39 is 0 Å². The molecule has 6 heteroatoms. The van der Waals surface area contributed by atoms with Crippen LogP contribution in [-0.2, 0) is 0 Å². The van der Waals surface area contributed by atoms with E-state index in [4.69, 9.17) is 5.73 Å². The van der Waals surface area contributed by atoms with E-state index in [0.29, 0.717) is 5.41 Å². The molecule has 4 rings (SSSR count). The third-order valence-corrected chi connectivity index (χ3v) is 5.37. The predicted molar refractivity (Wildman–Crippen MR) is 125 cm³/mol. The molecule has 1 fully saturated rings. The molecular weight excluding hydrogens is 372 g/mol. The molecule has 2 N–H and O–H groups in total. The van der Waals surface area contributed by atoms with Crippen LogP contribution < -0.4 is 5.73 Å². The van der Waals surface area contributed by atoms with Crippen LogP contribution in [0.4, 0.5) is 5.95 Å². The van der Waals surface area contributed by atoms with Crippen molar-refractivity contribution in [1.29, 1.82) is 0 Å². The Morgan fingerprint density at radius 1 is 1.10 bits per heavy atom. The first kappa shape index (κ1) is 23.5. The van der Waals surface area contributed by atoms with E-state index in [1.54, 1.807) is 10.7 Å². The lowest BCUT2D eigenvalue weighted by Gasteiger charge is -2.28. The maximum atomic E-state index is 5.60. The number of anilines is 1. The van der Waals surface area contributed by atoms with Gasteiger partial charge in [-0.2, -0.15) is 5.10 Å². The molecule has 162 valence electrons. The van der Waals surface area contributed by atoms with Crippen molar-refractivity contribution in [2.75, 3.05) is 5.73 Å². The molecule has 3 heterocycles. The predicted octanol–water partition coefficient (Wildman–Crippen LogP) is 5.86. The van der Waals surface area contributed by atoms with Crippen molar-refractivity contribution in [3.63, 3.8) is 0 Å². The number of nitrogen functional groups attached to an aromatic ring is 1. The minimum atomic E-state index is 0.286. The van der Waals surface area contributed by atoms with Crippen molar-refractivity contribution in [3.05, 3.63) is 53.8 Å². The van der Waals surface area contributed by atoms with Crippen LogP contribution in [0.15, 0.2) is 36.9 Å². The Labute approximate surface area is 180 Å². The van der Waals surface area contributed by atoms with E-state index in [2.05, 4.69) is 33.9 Å². The molecule has 0 spiro atoms. The van der Waals surface area contributed by atoms with Crippen LogP contribution in [0.5, 0.6) is 0 Å². The largest absolute Gasteiger partial charge is 0.368 e. The van der Waals surface area contributed by atoms with Gasteiger partial charge in [0.1, 0.15) is 6.33 Å². The number of nitrogens with zero attached hydrogens (tertiary/aromatic N) is 5. The highest BCUT2D eigenvalue weighted by molar-refractivity contribution is 5.80. The maximum Gasteiger partial charge on any atom is 0.220 e. The van der Waals surface area contributed by atoms with Crippen molar-refractivity contribution >= 4 is 17.2 Å². The Morgan fingerprint density at radius 3 is 2.37 bits per heavy atom. The highest BCUT2D eigenvalue weighted by Crippen LogP contribution is 2.34. The fourth-order valence-electron chi connectivity index (χ4n) is 3.71. The summed E-state index contributed by atoms with van der Waals surface area (Å²) in [7, 11) is 0. The summed E-state index contributed by atoms with van der Waals surface area (Å²) in [4.78, 5) is 12.4. The monoisotopic (exact) mass is 408 g/mol. The van der Waals surface area contributed by atoms with Crippen molar-refractivity contribution in [2.24, 2.45) is 5.41 Å². The molecule has 0 aromatic carbocycles. The SMILES string of the molecule is C/C=C(/c1ccc2ncnn2c1)c1cnc(N)nc1C.CC.CC1(C)CCCCC1. The maximum absolute atomic E-state index is 5.60. The van der Waals surface area contributed by atoms with Crippen LogP contribution in [0.3, 0.4) is 0 Å². The fourth-order valence-corrected chi connectivity index (χ4v) is 3.71. The molecule has 0 bridgehead atoms. The minimum absolute atomic E-state index is 0.286. The number of aromatic nitrogens is 5. The first-order valence-electron chi connectivity index (χ1n) is 11.0. The Morgan fingerprint density at radius 2 is 1.80 bits per heavy atom. The Balaban J connectivity index is 0.000000269. The van der Waals surface area contributed by atoms with E-state index in [-0.39, 0.29) is 5.95 Å². The molecule has 0 unspecified atom stereocenters. The van der Waals surface area contributed by atoms with Gasteiger partial charge in [0.15, 0.2) is 5.65 Å². The molecule has 3 aromatic rings. The summed E-state index contributed by atoms with van der Waals surface area (Å²) >= 11 is 0. The van der Waals surface area contributed by atoms with E-state index in [0.717, 1.165) is 28.0 Å². The summed E-state index contributed by atoms with van der Waals surface area (Å²) in [5.74, 6) is 0.286. The Hall–Kier alpha value is -2.76. The molecule has 0 aliphatic heterocycles. The van der Waals surface area contributed by atoms with Gasteiger partial charge in [-0.1, -0.05) is 53.0 Å². The van der Waals surface area contributed by atoms with Crippen LogP contribution in [0.25, 0.3) is 11.2 Å². The first-order chi connectivity index (χ1) is 14.4. The third-order valence-electron chi connectivity index (χ3n) is 5.37. The van der Waals surface area contributed by atoms with Crippen molar-refractivity contribution in [3.8, 4) is 0 Å². The molecule has 1 aliphatic rings. The number of fused-ring (bicyclic) bond motifs is 1. The second kappa shape index (κ2) is 10.9. The Kier molecular flexibility index (Phi) is 8.51. The van der Waals surface area contributed by atoms with Gasteiger partial charge < -0.3 is 5.73 Å². The van der Waals surface area contributed by atoms with Crippen molar-refractivity contribution in [2.45, 2.75) is 73.6 Å². The molecule has 3 aromatic heterocycles. The molecule has 6 nitrogen and oxygen atoms in total. The summed E-state index contributed by atoms with van der Waals surface area (Å²) in [6, 6.07) is 3.94. The fraction of sp³-hybridized carbons (Fsp3) is 0.500. The quantitative estimate of drug-likeness (QED) is 0.574. The molecule has 0 saturated heterocycles. The molecular formula is C24H36N6. The lowest BCUT2D eigenvalue weighted by Crippen LogP contribution is -2.14. The van der Waals surface area contributed by atoms with Gasteiger partial charge in [-0.05, 0) is 49.8 Å². The molecule has 1 aliphatic carbocycles. The van der Waals surface area contributed by atoms with Gasteiger partial charge in [-0.15, -0.1) is 0 Å². The summed E-state index contributed by atoms with van der Waals surface area (Å²) in [5.41, 5.74) is 11.0. The van der Waals surface area contributed by atoms with E-state index >= 15 is 0 Å². The second-order valence-corrected chi connectivity index (χ2v) is 8.14. The number of hydrogen-bond donors (Lipinski definition) is 1. The molecule has 0 atom stereocenters. The topological polar surface area (TPSA) is 82.0 Å². The Bertz CT molecular complexity index is 963. The number of allylic oxidation sites excluding steroid dienone is 1.